The summed E-state index contributed by atoms with van der Waals surface area (Å²) in [5.41, 5.74) is 0.141. The number of rotatable bonds is 8. The monoisotopic (exact) mass is 306 g/mol. The molecule has 1 saturated carbocycles. The minimum absolute atomic E-state index is 0.0503. The Labute approximate surface area is 132 Å². The SMILES string of the molecule is CCCCOc1cccc(NC(=O)NC(C)(CO)C2CC2)c1. The van der Waals surface area contributed by atoms with Gasteiger partial charge in [0.2, 0.25) is 0 Å². The number of unbranched alkanes of at least 4 members (excludes halogenated alkanes) is 1. The third kappa shape index (κ3) is 4.63. The highest BCUT2D eigenvalue weighted by Crippen LogP contribution is 2.39. The molecule has 2 rings (SSSR count). The van der Waals surface area contributed by atoms with Crippen molar-refractivity contribution in [3.8, 4) is 5.75 Å². The predicted molar refractivity (Wildman–Crippen MR) is 87.2 cm³/mol. The molecule has 0 spiro atoms. The molecule has 0 heterocycles. The van der Waals surface area contributed by atoms with Gasteiger partial charge in [0.05, 0.1) is 18.8 Å². The van der Waals surface area contributed by atoms with Crippen molar-refractivity contribution in [2.24, 2.45) is 5.92 Å². The summed E-state index contributed by atoms with van der Waals surface area (Å²) in [6.07, 6.45) is 4.20. The average Bonchev–Trinajstić information content (AvgIpc) is 3.33. The molecule has 1 aliphatic carbocycles. The van der Waals surface area contributed by atoms with Gasteiger partial charge in [-0.05, 0) is 44.2 Å². The maximum Gasteiger partial charge on any atom is 0.319 e. The average molecular weight is 306 g/mol. The Morgan fingerprint density at radius 3 is 2.86 bits per heavy atom. The van der Waals surface area contributed by atoms with Gasteiger partial charge in [-0.25, -0.2) is 4.79 Å². The topological polar surface area (TPSA) is 70.6 Å². The van der Waals surface area contributed by atoms with Gasteiger partial charge in [0.25, 0.3) is 0 Å². The van der Waals surface area contributed by atoms with E-state index in [1.165, 1.54) is 0 Å². The zero-order valence-electron chi connectivity index (χ0n) is 13.4. The number of carbonyl (C=O) groups excluding carboxylic acids is 1. The van der Waals surface area contributed by atoms with Gasteiger partial charge < -0.3 is 20.5 Å². The minimum atomic E-state index is -0.542. The van der Waals surface area contributed by atoms with Gasteiger partial charge in [-0.3, -0.25) is 0 Å². The smallest absolute Gasteiger partial charge is 0.319 e. The van der Waals surface area contributed by atoms with Crippen LogP contribution in [0.15, 0.2) is 24.3 Å². The molecule has 0 radical (unpaired) electrons. The van der Waals surface area contributed by atoms with E-state index in [0.29, 0.717) is 18.2 Å². The van der Waals surface area contributed by atoms with E-state index in [0.717, 1.165) is 31.4 Å². The Morgan fingerprint density at radius 1 is 1.45 bits per heavy atom. The number of amides is 2. The maximum atomic E-state index is 12.1. The van der Waals surface area contributed by atoms with E-state index >= 15 is 0 Å². The van der Waals surface area contributed by atoms with Crippen molar-refractivity contribution < 1.29 is 14.6 Å². The molecule has 1 aromatic carbocycles. The molecule has 1 aromatic rings. The lowest BCUT2D eigenvalue weighted by Gasteiger charge is -2.28. The standard InChI is InChI=1S/C17H26N2O3/c1-3-4-10-22-15-7-5-6-14(11-15)18-16(21)19-17(2,12-20)13-8-9-13/h5-7,11,13,20H,3-4,8-10,12H2,1-2H3,(H2,18,19,21). The van der Waals surface area contributed by atoms with Crippen LogP contribution in [0.5, 0.6) is 5.75 Å². The molecule has 0 aromatic heterocycles. The number of aliphatic hydroxyl groups is 1. The highest BCUT2D eigenvalue weighted by Gasteiger charge is 2.42. The van der Waals surface area contributed by atoms with Crippen molar-refractivity contribution in [1.29, 1.82) is 0 Å². The van der Waals surface area contributed by atoms with Crippen molar-refractivity contribution in [1.82, 2.24) is 5.32 Å². The second-order valence-electron chi connectivity index (χ2n) is 6.16. The molecule has 1 aliphatic rings. The van der Waals surface area contributed by atoms with Crippen LogP contribution in [0, 0.1) is 5.92 Å². The molecule has 1 fully saturated rings. The molecule has 22 heavy (non-hydrogen) atoms. The van der Waals surface area contributed by atoms with Crippen molar-refractivity contribution in [3.05, 3.63) is 24.3 Å². The van der Waals surface area contributed by atoms with Crippen LogP contribution in [-0.4, -0.2) is 29.9 Å². The molecule has 1 unspecified atom stereocenters. The van der Waals surface area contributed by atoms with Crippen molar-refractivity contribution >= 4 is 11.7 Å². The van der Waals surface area contributed by atoms with Gasteiger partial charge in [-0.15, -0.1) is 0 Å². The number of nitrogens with one attached hydrogen (secondary N) is 2. The van der Waals surface area contributed by atoms with Crippen LogP contribution in [0.4, 0.5) is 10.5 Å². The Hall–Kier alpha value is -1.75. The molecule has 122 valence electrons. The predicted octanol–water partition coefficient (Wildman–Crippen LogP) is 3.15. The highest BCUT2D eigenvalue weighted by atomic mass is 16.5. The van der Waals surface area contributed by atoms with E-state index in [1.54, 1.807) is 0 Å². The fourth-order valence-corrected chi connectivity index (χ4v) is 2.41. The summed E-state index contributed by atoms with van der Waals surface area (Å²) in [4.78, 5) is 12.1. The van der Waals surface area contributed by atoms with Crippen LogP contribution in [0.1, 0.15) is 39.5 Å². The third-order valence-electron chi connectivity index (χ3n) is 4.06. The van der Waals surface area contributed by atoms with E-state index < -0.39 is 5.54 Å². The van der Waals surface area contributed by atoms with Crippen LogP contribution < -0.4 is 15.4 Å². The van der Waals surface area contributed by atoms with Gasteiger partial charge in [-0.2, -0.15) is 0 Å². The summed E-state index contributed by atoms with van der Waals surface area (Å²) in [5, 5.41) is 15.2. The second-order valence-corrected chi connectivity index (χ2v) is 6.16. The fourth-order valence-electron chi connectivity index (χ4n) is 2.41. The number of aliphatic hydroxyl groups excluding tert-OH is 1. The zero-order valence-corrected chi connectivity index (χ0v) is 13.4. The number of hydrogen-bond acceptors (Lipinski definition) is 3. The number of urea groups is 1. The number of carbonyl (C=O) groups is 1. The summed E-state index contributed by atoms with van der Waals surface area (Å²) in [7, 11) is 0. The van der Waals surface area contributed by atoms with Gasteiger partial charge in [0, 0.05) is 11.8 Å². The minimum Gasteiger partial charge on any atom is -0.494 e. The molecular formula is C17H26N2O3. The molecule has 0 bridgehead atoms. The Balaban J connectivity index is 1.89. The first-order valence-electron chi connectivity index (χ1n) is 8.00. The van der Waals surface area contributed by atoms with Gasteiger partial charge in [-0.1, -0.05) is 19.4 Å². The maximum absolute atomic E-state index is 12.1. The lowest BCUT2D eigenvalue weighted by molar-refractivity contribution is 0.159. The van der Waals surface area contributed by atoms with Crippen molar-refractivity contribution in [2.45, 2.75) is 45.1 Å². The molecule has 1 atom stereocenters. The van der Waals surface area contributed by atoms with E-state index in [1.807, 2.05) is 31.2 Å². The second kappa shape index (κ2) is 7.49. The van der Waals surface area contributed by atoms with E-state index in [9.17, 15) is 9.90 Å². The van der Waals surface area contributed by atoms with Crippen molar-refractivity contribution in [2.75, 3.05) is 18.5 Å². The normalized spacial score (nSPS) is 16.7. The fraction of sp³-hybridized carbons (Fsp3) is 0.588. The van der Waals surface area contributed by atoms with Crippen LogP contribution in [0.2, 0.25) is 0 Å². The largest absolute Gasteiger partial charge is 0.494 e. The Morgan fingerprint density at radius 2 is 2.23 bits per heavy atom. The van der Waals surface area contributed by atoms with Crippen LogP contribution in [-0.2, 0) is 0 Å². The molecule has 5 nitrogen and oxygen atoms in total. The highest BCUT2D eigenvalue weighted by molar-refractivity contribution is 5.90. The van der Waals surface area contributed by atoms with Crippen molar-refractivity contribution in [3.63, 3.8) is 0 Å². The summed E-state index contributed by atoms with van der Waals surface area (Å²) < 4.78 is 5.63. The molecule has 2 amide bonds. The van der Waals surface area contributed by atoms with Crippen LogP contribution in [0.25, 0.3) is 0 Å². The molecule has 0 saturated heterocycles. The summed E-state index contributed by atoms with van der Waals surface area (Å²) in [6, 6.07) is 7.06. The van der Waals surface area contributed by atoms with Gasteiger partial charge in [0.15, 0.2) is 0 Å². The summed E-state index contributed by atoms with van der Waals surface area (Å²) in [6.45, 7) is 4.62. The van der Waals surface area contributed by atoms with E-state index in [-0.39, 0.29) is 12.6 Å². The molecular weight excluding hydrogens is 280 g/mol. The Kier molecular flexibility index (Phi) is 5.66. The van der Waals surface area contributed by atoms with E-state index in [2.05, 4.69) is 17.6 Å². The Bertz CT molecular complexity index is 502. The molecule has 5 heteroatoms. The zero-order chi connectivity index (χ0) is 16.0. The van der Waals surface area contributed by atoms with Crippen LogP contribution in [0.3, 0.4) is 0 Å². The first-order chi connectivity index (χ1) is 10.6. The third-order valence-corrected chi connectivity index (χ3v) is 4.06. The van der Waals surface area contributed by atoms with Gasteiger partial charge >= 0.3 is 6.03 Å². The number of ether oxygens (including phenoxy) is 1. The molecule has 0 aliphatic heterocycles. The summed E-state index contributed by atoms with van der Waals surface area (Å²) >= 11 is 0. The lowest BCUT2D eigenvalue weighted by atomic mass is 9.97. The molecule has 3 N–H and O–H groups in total. The van der Waals surface area contributed by atoms with Gasteiger partial charge in [0.1, 0.15) is 5.75 Å². The quantitative estimate of drug-likeness (QED) is 0.646. The van der Waals surface area contributed by atoms with Crippen LogP contribution >= 0.6 is 0 Å². The first-order valence-corrected chi connectivity index (χ1v) is 8.00. The number of anilines is 1. The van der Waals surface area contributed by atoms with E-state index in [4.69, 9.17) is 4.74 Å². The first kappa shape index (κ1) is 16.6. The number of hydrogen-bond donors (Lipinski definition) is 3. The number of benzene rings is 1. The summed E-state index contributed by atoms with van der Waals surface area (Å²) in [5.74, 6) is 1.12. The lowest BCUT2D eigenvalue weighted by Crippen LogP contribution is -2.52.